The van der Waals surface area contributed by atoms with Gasteiger partial charge in [-0.2, -0.15) is 5.26 Å². The molecule has 0 spiro atoms. The van der Waals surface area contributed by atoms with Gasteiger partial charge < -0.3 is 9.80 Å². The molecule has 3 heteroatoms. The Balaban J connectivity index is 2.00. The standard InChI is InChI=1S/C13H17N3/c1-12-4-2-3-5-13(12)16-10-8-15(7-6-14)9-11-16/h2-5H,7-11H2,1H3/p+1. The first-order valence-corrected chi connectivity index (χ1v) is 5.82. The first-order chi connectivity index (χ1) is 7.81. The highest BCUT2D eigenvalue weighted by Crippen LogP contribution is 2.18. The third-order valence-electron chi connectivity index (χ3n) is 3.26. The van der Waals surface area contributed by atoms with Gasteiger partial charge in [-0.25, -0.2) is 0 Å². The molecule has 0 atom stereocenters. The molecule has 0 aromatic heterocycles. The molecule has 1 aromatic carbocycles. The van der Waals surface area contributed by atoms with Crippen LogP contribution in [0.3, 0.4) is 0 Å². The molecule has 0 unspecified atom stereocenters. The van der Waals surface area contributed by atoms with Crippen LogP contribution >= 0.6 is 0 Å². The molecule has 84 valence electrons. The first-order valence-electron chi connectivity index (χ1n) is 5.82. The Kier molecular flexibility index (Phi) is 3.43. The molecule has 1 aliphatic rings. The molecule has 1 N–H and O–H groups in total. The number of nitrogens with one attached hydrogen (secondary N) is 1. The summed E-state index contributed by atoms with van der Waals surface area (Å²) in [6.45, 7) is 7.05. The minimum absolute atomic E-state index is 0.640. The third kappa shape index (κ3) is 2.34. The second-order valence-corrected chi connectivity index (χ2v) is 4.36. The predicted molar refractivity (Wildman–Crippen MR) is 64.6 cm³/mol. The number of hydrogen-bond acceptors (Lipinski definition) is 2. The van der Waals surface area contributed by atoms with E-state index in [9.17, 15) is 0 Å². The highest BCUT2D eigenvalue weighted by Gasteiger charge is 2.20. The lowest BCUT2D eigenvalue weighted by Crippen LogP contribution is -3.14. The summed E-state index contributed by atoms with van der Waals surface area (Å²) in [7, 11) is 0. The summed E-state index contributed by atoms with van der Waals surface area (Å²) >= 11 is 0. The summed E-state index contributed by atoms with van der Waals surface area (Å²) < 4.78 is 0. The Morgan fingerprint density at radius 3 is 2.62 bits per heavy atom. The zero-order valence-electron chi connectivity index (χ0n) is 9.74. The maximum Gasteiger partial charge on any atom is 0.165 e. The zero-order valence-corrected chi connectivity index (χ0v) is 9.74. The number of nitriles is 1. The minimum Gasteiger partial charge on any atom is -0.360 e. The maximum atomic E-state index is 8.66. The molecule has 1 fully saturated rings. The lowest BCUT2D eigenvalue weighted by Gasteiger charge is -2.33. The molecule has 0 bridgehead atoms. The van der Waals surface area contributed by atoms with E-state index in [1.54, 1.807) is 0 Å². The highest BCUT2D eigenvalue weighted by molar-refractivity contribution is 5.53. The van der Waals surface area contributed by atoms with Crippen LogP contribution in [0.15, 0.2) is 24.3 Å². The van der Waals surface area contributed by atoms with Crippen molar-refractivity contribution in [2.24, 2.45) is 0 Å². The van der Waals surface area contributed by atoms with Crippen molar-refractivity contribution in [2.75, 3.05) is 37.6 Å². The molecule has 0 radical (unpaired) electrons. The van der Waals surface area contributed by atoms with Crippen LogP contribution in [0.25, 0.3) is 0 Å². The number of anilines is 1. The number of benzene rings is 1. The van der Waals surface area contributed by atoms with Gasteiger partial charge in [0.1, 0.15) is 6.07 Å². The number of piperazine rings is 1. The molecule has 1 aliphatic heterocycles. The molecule has 3 nitrogen and oxygen atoms in total. The van der Waals surface area contributed by atoms with Crippen LogP contribution < -0.4 is 9.80 Å². The summed E-state index contributed by atoms with van der Waals surface area (Å²) in [5.74, 6) is 0. The molecular weight excluding hydrogens is 198 g/mol. The van der Waals surface area contributed by atoms with Crippen molar-refractivity contribution < 1.29 is 4.90 Å². The Morgan fingerprint density at radius 1 is 1.31 bits per heavy atom. The summed E-state index contributed by atoms with van der Waals surface area (Å²) in [6, 6.07) is 10.8. The number of para-hydroxylation sites is 1. The summed E-state index contributed by atoms with van der Waals surface area (Å²) in [5.41, 5.74) is 2.68. The smallest absolute Gasteiger partial charge is 0.165 e. The van der Waals surface area contributed by atoms with Crippen LogP contribution in [0.5, 0.6) is 0 Å². The normalized spacial score (nSPS) is 17.1. The van der Waals surface area contributed by atoms with Gasteiger partial charge in [-0.1, -0.05) is 18.2 Å². The largest absolute Gasteiger partial charge is 0.360 e. The van der Waals surface area contributed by atoms with Crippen molar-refractivity contribution in [1.82, 2.24) is 0 Å². The predicted octanol–water partition coefficient (Wildman–Crippen LogP) is 0.224. The van der Waals surface area contributed by atoms with Gasteiger partial charge >= 0.3 is 0 Å². The lowest BCUT2D eigenvalue weighted by atomic mass is 10.1. The van der Waals surface area contributed by atoms with E-state index in [4.69, 9.17) is 5.26 Å². The molecular formula is C13H18N3+. The van der Waals surface area contributed by atoms with Crippen LogP contribution in [0, 0.1) is 18.3 Å². The van der Waals surface area contributed by atoms with Crippen molar-refractivity contribution in [3.63, 3.8) is 0 Å². The molecule has 0 aliphatic carbocycles. The minimum atomic E-state index is 0.640. The van der Waals surface area contributed by atoms with Gasteiger partial charge in [0, 0.05) is 5.69 Å². The van der Waals surface area contributed by atoms with Crippen LogP contribution in [0.1, 0.15) is 5.56 Å². The summed E-state index contributed by atoms with van der Waals surface area (Å²) in [4.78, 5) is 3.84. The third-order valence-corrected chi connectivity index (χ3v) is 3.26. The number of quaternary nitrogens is 1. The van der Waals surface area contributed by atoms with E-state index in [0.29, 0.717) is 6.54 Å². The molecule has 16 heavy (non-hydrogen) atoms. The fourth-order valence-corrected chi connectivity index (χ4v) is 2.27. The van der Waals surface area contributed by atoms with E-state index in [2.05, 4.69) is 42.2 Å². The van der Waals surface area contributed by atoms with Crippen molar-refractivity contribution in [1.29, 1.82) is 5.26 Å². The van der Waals surface area contributed by atoms with Gasteiger partial charge in [0.05, 0.1) is 26.2 Å². The van der Waals surface area contributed by atoms with Crippen molar-refractivity contribution >= 4 is 5.69 Å². The molecule has 0 saturated carbocycles. The summed E-state index contributed by atoms with van der Waals surface area (Å²) in [6.07, 6.45) is 0. The first kappa shape index (κ1) is 11.0. The van der Waals surface area contributed by atoms with Gasteiger partial charge in [-0.3, -0.25) is 0 Å². The van der Waals surface area contributed by atoms with Gasteiger partial charge in [0.2, 0.25) is 0 Å². The van der Waals surface area contributed by atoms with Crippen LogP contribution in [0.4, 0.5) is 5.69 Å². The SMILES string of the molecule is Cc1ccccc1N1CC[NH+](CC#N)CC1. The topological polar surface area (TPSA) is 31.5 Å². The Morgan fingerprint density at radius 2 is 2.00 bits per heavy atom. The Hall–Kier alpha value is -1.53. The second-order valence-electron chi connectivity index (χ2n) is 4.36. The Labute approximate surface area is 96.9 Å². The number of hydrogen-bond donors (Lipinski definition) is 1. The van der Waals surface area contributed by atoms with Crippen molar-refractivity contribution in [3.8, 4) is 6.07 Å². The van der Waals surface area contributed by atoms with Gasteiger partial charge in [-0.05, 0) is 18.6 Å². The van der Waals surface area contributed by atoms with Crippen LogP contribution in [-0.2, 0) is 0 Å². The quantitative estimate of drug-likeness (QED) is 0.717. The monoisotopic (exact) mass is 216 g/mol. The average molecular weight is 216 g/mol. The summed E-state index contributed by atoms with van der Waals surface area (Å²) in [5, 5.41) is 8.66. The van der Waals surface area contributed by atoms with Crippen molar-refractivity contribution in [3.05, 3.63) is 29.8 Å². The highest BCUT2D eigenvalue weighted by atomic mass is 15.3. The van der Waals surface area contributed by atoms with Crippen molar-refractivity contribution in [2.45, 2.75) is 6.92 Å². The number of nitrogens with zero attached hydrogens (tertiary/aromatic N) is 2. The molecule has 0 amide bonds. The number of rotatable bonds is 2. The fraction of sp³-hybridized carbons (Fsp3) is 0.462. The second kappa shape index (κ2) is 5.00. The van der Waals surface area contributed by atoms with E-state index < -0.39 is 0 Å². The van der Waals surface area contributed by atoms with Crippen LogP contribution in [0.2, 0.25) is 0 Å². The average Bonchev–Trinajstić information content (AvgIpc) is 2.31. The van der Waals surface area contributed by atoms with Gasteiger partial charge in [0.25, 0.3) is 0 Å². The lowest BCUT2D eigenvalue weighted by molar-refractivity contribution is -0.893. The zero-order chi connectivity index (χ0) is 11.4. The van der Waals surface area contributed by atoms with E-state index >= 15 is 0 Å². The van der Waals surface area contributed by atoms with E-state index in [-0.39, 0.29) is 0 Å². The van der Waals surface area contributed by atoms with E-state index in [1.165, 1.54) is 16.2 Å². The van der Waals surface area contributed by atoms with E-state index in [1.807, 2.05) is 0 Å². The van der Waals surface area contributed by atoms with E-state index in [0.717, 1.165) is 26.2 Å². The fourth-order valence-electron chi connectivity index (χ4n) is 2.27. The molecule has 1 aromatic rings. The maximum absolute atomic E-state index is 8.66. The van der Waals surface area contributed by atoms with Gasteiger partial charge in [0.15, 0.2) is 6.54 Å². The molecule has 1 saturated heterocycles. The molecule has 2 rings (SSSR count). The van der Waals surface area contributed by atoms with Gasteiger partial charge in [-0.15, -0.1) is 0 Å². The van der Waals surface area contributed by atoms with Crippen LogP contribution in [-0.4, -0.2) is 32.7 Å². The Bertz CT molecular complexity index is 386. The number of aryl methyl sites for hydroxylation is 1. The molecule has 1 heterocycles.